The number of carbonyl (C=O) groups excluding carboxylic acids is 2. The highest BCUT2D eigenvalue weighted by Crippen LogP contribution is 2.25. The molecule has 2 heterocycles. The first kappa shape index (κ1) is 17.9. The Morgan fingerprint density at radius 3 is 2.80 bits per heavy atom. The number of hydrogen-bond donors (Lipinski definition) is 1. The molecule has 2 aliphatic rings. The number of rotatable bonds is 6. The lowest BCUT2D eigenvalue weighted by Crippen LogP contribution is -2.42. The zero-order chi connectivity index (χ0) is 17.8. The predicted octanol–water partition coefficient (Wildman–Crippen LogP) is 1.42. The van der Waals surface area contributed by atoms with E-state index in [-0.39, 0.29) is 24.5 Å². The SMILES string of the molecule is CCOCC(=O)N1CCn2cc(CC(=O)NC3CCCC3)nc2[C@@H]1C. The van der Waals surface area contributed by atoms with Crippen molar-refractivity contribution in [3.8, 4) is 0 Å². The maximum Gasteiger partial charge on any atom is 0.249 e. The third kappa shape index (κ3) is 4.21. The summed E-state index contributed by atoms with van der Waals surface area (Å²) in [5.41, 5.74) is 0.774. The number of nitrogens with one attached hydrogen (secondary N) is 1. The standard InChI is InChI=1S/C18H28N4O3/c1-3-25-12-17(24)22-9-8-21-11-15(20-18(21)13(22)2)10-16(23)19-14-6-4-5-7-14/h11,13-14H,3-10,12H2,1-2H3,(H,19,23)/t13-/m0/s1. The van der Waals surface area contributed by atoms with Gasteiger partial charge in [0.2, 0.25) is 11.8 Å². The molecular weight excluding hydrogens is 320 g/mol. The van der Waals surface area contributed by atoms with Crippen LogP contribution in [-0.4, -0.2) is 52.1 Å². The van der Waals surface area contributed by atoms with Crippen molar-refractivity contribution in [1.82, 2.24) is 19.8 Å². The van der Waals surface area contributed by atoms with Gasteiger partial charge in [-0.2, -0.15) is 0 Å². The lowest BCUT2D eigenvalue weighted by molar-refractivity contribution is -0.139. The molecule has 25 heavy (non-hydrogen) atoms. The summed E-state index contributed by atoms with van der Waals surface area (Å²) in [6.45, 7) is 5.84. The fourth-order valence-electron chi connectivity index (χ4n) is 3.76. The Hall–Kier alpha value is -1.89. The molecule has 138 valence electrons. The lowest BCUT2D eigenvalue weighted by Gasteiger charge is -2.33. The Balaban J connectivity index is 1.61. The van der Waals surface area contributed by atoms with Crippen LogP contribution < -0.4 is 5.32 Å². The normalized spacial score (nSPS) is 20.6. The van der Waals surface area contributed by atoms with E-state index in [0.717, 1.165) is 24.4 Å². The minimum atomic E-state index is -0.103. The largest absolute Gasteiger partial charge is 0.372 e. The Labute approximate surface area is 148 Å². The zero-order valence-electron chi connectivity index (χ0n) is 15.2. The fourth-order valence-corrected chi connectivity index (χ4v) is 3.76. The van der Waals surface area contributed by atoms with Crippen molar-refractivity contribution in [2.24, 2.45) is 0 Å². The second-order valence-corrected chi connectivity index (χ2v) is 6.91. The molecule has 7 heteroatoms. The summed E-state index contributed by atoms with van der Waals surface area (Å²) in [5, 5.41) is 3.10. The Bertz CT molecular complexity index is 622. The third-order valence-corrected chi connectivity index (χ3v) is 5.09. The molecule has 1 N–H and O–H groups in total. The van der Waals surface area contributed by atoms with Crippen LogP contribution in [0.4, 0.5) is 0 Å². The second kappa shape index (κ2) is 7.99. The van der Waals surface area contributed by atoms with E-state index in [4.69, 9.17) is 4.74 Å². The van der Waals surface area contributed by atoms with E-state index < -0.39 is 0 Å². The van der Waals surface area contributed by atoms with E-state index in [9.17, 15) is 9.59 Å². The van der Waals surface area contributed by atoms with E-state index in [1.807, 2.05) is 20.0 Å². The van der Waals surface area contributed by atoms with Gasteiger partial charge in [-0.1, -0.05) is 12.8 Å². The number of aromatic nitrogens is 2. The van der Waals surface area contributed by atoms with Crippen molar-refractivity contribution in [3.63, 3.8) is 0 Å². The first-order chi connectivity index (χ1) is 12.1. The average Bonchev–Trinajstić information content (AvgIpc) is 3.22. The molecule has 1 aromatic heterocycles. The van der Waals surface area contributed by atoms with Gasteiger partial charge in [-0.25, -0.2) is 4.98 Å². The molecule has 2 amide bonds. The van der Waals surface area contributed by atoms with Gasteiger partial charge in [0.25, 0.3) is 0 Å². The van der Waals surface area contributed by atoms with Gasteiger partial charge in [-0.15, -0.1) is 0 Å². The first-order valence-corrected chi connectivity index (χ1v) is 9.31. The quantitative estimate of drug-likeness (QED) is 0.844. The number of imidazole rings is 1. The third-order valence-electron chi connectivity index (χ3n) is 5.09. The summed E-state index contributed by atoms with van der Waals surface area (Å²) in [6.07, 6.45) is 6.82. The smallest absolute Gasteiger partial charge is 0.249 e. The van der Waals surface area contributed by atoms with Crippen molar-refractivity contribution >= 4 is 11.8 Å². The van der Waals surface area contributed by atoms with Gasteiger partial charge in [0.15, 0.2) is 0 Å². The van der Waals surface area contributed by atoms with Crippen LogP contribution in [0.25, 0.3) is 0 Å². The molecule has 1 aliphatic carbocycles. The van der Waals surface area contributed by atoms with Gasteiger partial charge in [0, 0.05) is 31.9 Å². The van der Waals surface area contributed by atoms with Gasteiger partial charge in [-0.3, -0.25) is 9.59 Å². The molecule has 0 radical (unpaired) electrons. The number of carbonyl (C=O) groups is 2. The highest BCUT2D eigenvalue weighted by Gasteiger charge is 2.30. The number of fused-ring (bicyclic) bond motifs is 1. The van der Waals surface area contributed by atoms with Crippen LogP contribution in [0, 0.1) is 0 Å². The molecule has 0 aromatic carbocycles. The summed E-state index contributed by atoms with van der Waals surface area (Å²) < 4.78 is 7.30. The van der Waals surface area contributed by atoms with Crippen molar-refractivity contribution in [1.29, 1.82) is 0 Å². The molecule has 0 bridgehead atoms. The maximum atomic E-state index is 12.3. The minimum absolute atomic E-state index is 0.0101. The average molecular weight is 348 g/mol. The lowest BCUT2D eigenvalue weighted by atomic mass is 10.2. The number of hydrogen-bond acceptors (Lipinski definition) is 4. The van der Waals surface area contributed by atoms with Crippen LogP contribution in [0.1, 0.15) is 57.1 Å². The van der Waals surface area contributed by atoms with Crippen molar-refractivity contribution in [3.05, 3.63) is 17.7 Å². The molecule has 1 fully saturated rings. The first-order valence-electron chi connectivity index (χ1n) is 9.31. The molecule has 1 atom stereocenters. The Morgan fingerprint density at radius 1 is 1.32 bits per heavy atom. The maximum absolute atomic E-state index is 12.3. The van der Waals surface area contributed by atoms with Gasteiger partial charge < -0.3 is 19.5 Å². The van der Waals surface area contributed by atoms with E-state index in [2.05, 4.69) is 14.9 Å². The van der Waals surface area contributed by atoms with Gasteiger partial charge >= 0.3 is 0 Å². The zero-order valence-corrected chi connectivity index (χ0v) is 15.2. The molecule has 1 aliphatic heterocycles. The summed E-state index contributed by atoms with van der Waals surface area (Å²) in [5.74, 6) is 0.878. The Kier molecular flexibility index (Phi) is 5.73. The molecular formula is C18H28N4O3. The Morgan fingerprint density at radius 2 is 2.08 bits per heavy atom. The summed E-state index contributed by atoms with van der Waals surface area (Å²) in [7, 11) is 0. The van der Waals surface area contributed by atoms with Crippen molar-refractivity contribution < 1.29 is 14.3 Å². The van der Waals surface area contributed by atoms with Gasteiger partial charge in [0.05, 0.1) is 18.2 Å². The highest BCUT2D eigenvalue weighted by molar-refractivity contribution is 5.79. The molecule has 0 unspecified atom stereocenters. The molecule has 1 saturated carbocycles. The molecule has 7 nitrogen and oxygen atoms in total. The monoisotopic (exact) mass is 348 g/mol. The summed E-state index contributed by atoms with van der Waals surface area (Å²) in [4.78, 5) is 30.9. The van der Waals surface area contributed by atoms with E-state index >= 15 is 0 Å². The molecule has 0 saturated heterocycles. The number of ether oxygens (including phenoxy) is 1. The second-order valence-electron chi connectivity index (χ2n) is 6.91. The van der Waals surface area contributed by atoms with Crippen molar-refractivity contribution in [2.75, 3.05) is 19.8 Å². The molecule has 3 rings (SSSR count). The van der Waals surface area contributed by atoms with Crippen LogP contribution in [0.2, 0.25) is 0 Å². The van der Waals surface area contributed by atoms with Crippen LogP contribution in [0.3, 0.4) is 0 Å². The molecule has 1 aromatic rings. The van der Waals surface area contributed by atoms with E-state index in [1.54, 1.807) is 4.90 Å². The minimum Gasteiger partial charge on any atom is -0.372 e. The summed E-state index contributed by atoms with van der Waals surface area (Å²) >= 11 is 0. The van der Waals surface area contributed by atoms with Crippen molar-refractivity contribution in [2.45, 2.75) is 64.6 Å². The van der Waals surface area contributed by atoms with Gasteiger partial charge in [0.1, 0.15) is 12.4 Å². The predicted molar refractivity (Wildman–Crippen MR) is 93.0 cm³/mol. The fraction of sp³-hybridized carbons (Fsp3) is 0.722. The molecule has 0 spiro atoms. The van der Waals surface area contributed by atoms with Crippen LogP contribution in [-0.2, 0) is 27.3 Å². The van der Waals surface area contributed by atoms with Crippen LogP contribution in [0.5, 0.6) is 0 Å². The highest BCUT2D eigenvalue weighted by atomic mass is 16.5. The van der Waals surface area contributed by atoms with Gasteiger partial charge in [-0.05, 0) is 26.7 Å². The van der Waals surface area contributed by atoms with E-state index in [0.29, 0.717) is 32.2 Å². The number of amides is 2. The topological polar surface area (TPSA) is 76.5 Å². The van der Waals surface area contributed by atoms with Crippen LogP contribution >= 0.6 is 0 Å². The summed E-state index contributed by atoms with van der Waals surface area (Å²) in [6, 6.07) is 0.226. The van der Waals surface area contributed by atoms with E-state index in [1.165, 1.54) is 12.8 Å². The number of nitrogens with zero attached hydrogens (tertiary/aromatic N) is 3. The van der Waals surface area contributed by atoms with Crippen LogP contribution in [0.15, 0.2) is 6.20 Å².